The first-order valence-corrected chi connectivity index (χ1v) is 12.4. The summed E-state index contributed by atoms with van der Waals surface area (Å²) < 4.78 is 45.1. The van der Waals surface area contributed by atoms with Crippen LogP contribution in [-0.4, -0.2) is 46.3 Å². The summed E-state index contributed by atoms with van der Waals surface area (Å²) in [7, 11) is 1.53. The Morgan fingerprint density at radius 2 is 1.89 bits per heavy atom. The van der Waals surface area contributed by atoms with Gasteiger partial charge in [-0.05, 0) is 67.3 Å². The summed E-state index contributed by atoms with van der Waals surface area (Å²) in [5.41, 5.74) is 4.86. The predicted octanol–water partition coefficient (Wildman–Crippen LogP) is 5.56. The number of nitrogens with zero attached hydrogens (tertiary/aromatic N) is 3. The van der Waals surface area contributed by atoms with E-state index in [2.05, 4.69) is 20.7 Å². The Balaban J connectivity index is 1.52. The van der Waals surface area contributed by atoms with Crippen molar-refractivity contribution in [2.45, 2.75) is 44.9 Å². The number of benzene rings is 2. The van der Waals surface area contributed by atoms with E-state index in [0.717, 1.165) is 17.7 Å². The number of hydrogen-bond donors (Lipinski definition) is 2. The van der Waals surface area contributed by atoms with Crippen LogP contribution in [0.1, 0.15) is 46.4 Å². The highest BCUT2D eigenvalue weighted by Gasteiger charge is 2.27. The Kier molecular flexibility index (Phi) is 7.07. The zero-order valence-electron chi connectivity index (χ0n) is 21.1. The first-order chi connectivity index (χ1) is 18.2. The van der Waals surface area contributed by atoms with Gasteiger partial charge < -0.3 is 15.4 Å². The fourth-order valence-electron chi connectivity index (χ4n) is 4.23. The number of carbonyl (C=O) groups is 1. The number of nitrogens with one attached hydrogen (secondary N) is 2. The lowest BCUT2D eigenvalue weighted by atomic mass is 10.0. The van der Waals surface area contributed by atoms with Gasteiger partial charge in [0.15, 0.2) is 5.65 Å². The van der Waals surface area contributed by atoms with E-state index in [1.165, 1.54) is 36.1 Å². The minimum atomic E-state index is -4.31. The molecule has 2 N–H and O–H groups in total. The van der Waals surface area contributed by atoms with E-state index in [1.807, 2.05) is 25.1 Å². The maximum Gasteiger partial charge on any atom is 0.390 e. The number of ether oxygens (including phenoxy) is 1. The summed E-state index contributed by atoms with van der Waals surface area (Å²) >= 11 is 0. The minimum Gasteiger partial charge on any atom is -0.497 e. The molecular formula is C28H28F3N5O2. The number of methoxy groups -OCH3 is 1. The predicted molar refractivity (Wildman–Crippen MR) is 139 cm³/mol. The number of halogens is 3. The summed E-state index contributed by atoms with van der Waals surface area (Å²) in [6, 6.07) is 14.7. The summed E-state index contributed by atoms with van der Waals surface area (Å²) in [6.07, 6.45) is -1.29. The highest BCUT2D eigenvalue weighted by Crippen LogP contribution is 2.28. The van der Waals surface area contributed by atoms with Crippen molar-refractivity contribution < 1.29 is 22.7 Å². The van der Waals surface area contributed by atoms with Gasteiger partial charge in [-0.15, -0.1) is 0 Å². The molecule has 198 valence electrons. The van der Waals surface area contributed by atoms with Crippen LogP contribution in [-0.2, 0) is 6.54 Å². The molecule has 0 atom stereocenters. The second-order valence-corrected chi connectivity index (χ2v) is 9.47. The van der Waals surface area contributed by atoms with Gasteiger partial charge in [0.05, 0.1) is 31.1 Å². The molecule has 10 heteroatoms. The van der Waals surface area contributed by atoms with Gasteiger partial charge in [-0.1, -0.05) is 12.1 Å². The molecule has 2 aromatic carbocycles. The van der Waals surface area contributed by atoms with Gasteiger partial charge in [0.1, 0.15) is 11.4 Å². The van der Waals surface area contributed by atoms with Crippen LogP contribution in [0.5, 0.6) is 5.75 Å². The Labute approximate surface area is 218 Å². The molecule has 2 aromatic heterocycles. The van der Waals surface area contributed by atoms with Crippen LogP contribution >= 0.6 is 0 Å². The Bertz CT molecular complexity index is 1460. The molecule has 1 aliphatic carbocycles. The van der Waals surface area contributed by atoms with Gasteiger partial charge >= 0.3 is 6.18 Å². The van der Waals surface area contributed by atoms with Gasteiger partial charge in [0.25, 0.3) is 0 Å². The third-order valence-corrected chi connectivity index (χ3v) is 6.57. The van der Waals surface area contributed by atoms with Crippen molar-refractivity contribution >= 4 is 17.1 Å². The topological polar surface area (TPSA) is 80.5 Å². The molecule has 7 nitrogen and oxygen atoms in total. The van der Waals surface area contributed by atoms with E-state index < -0.39 is 12.6 Å². The summed E-state index contributed by atoms with van der Waals surface area (Å²) in [5.74, 6) is 0.230. The second kappa shape index (κ2) is 10.4. The molecule has 4 aromatic rings. The largest absolute Gasteiger partial charge is 0.497 e. The number of fused-ring (bicyclic) bond motifs is 1. The highest BCUT2D eigenvalue weighted by molar-refractivity contribution is 6.08. The van der Waals surface area contributed by atoms with E-state index in [1.54, 1.807) is 30.5 Å². The zero-order valence-corrected chi connectivity index (χ0v) is 21.1. The van der Waals surface area contributed by atoms with Gasteiger partial charge in [0, 0.05) is 30.3 Å². The maximum atomic E-state index is 13.3. The molecule has 1 saturated carbocycles. The Morgan fingerprint density at radius 1 is 1.13 bits per heavy atom. The van der Waals surface area contributed by atoms with Gasteiger partial charge in [0.2, 0.25) is 5.78 Å². The van der Waals surface area contributed by atoms with Crippen molar-refractivity contribution in [2.24, 2.45) is 0 Å². The number of imidazole rings is 1. The Morgan fingerprint density at radius 3 is 2.55 bits per heavy atom. The number of hydrogen-bond acceptors (Lipinski definition) is 6. The van der Waals surface area contributed by atoms with E-state index in [9.17, 15) is 18.0 Å². The zero-order chi connectivity index (χ0) is 26.9. The fourth-order valence-corrected chi connectivity index (χ4v) is 4.23. The molecule has 5 rings (SSSR count). The van der Waals surface area contributed by atoms with Gasteiger partial charge in [-0.3, -0.25) is 4.79 Å². The lowest BCUT2D eigenvalue weighted by Crippen LogP contribution is -2.16. The minimum absolute atomic E-state index is 0.0819. The van der Waals surface area contributed by atoms with Gasteiger partial charge in [-0.2, -0.15) is 18.3 Å². The van der Waals surface area contributed by atoms with Crippen LogP contribution in [0, 0.1) is 6.92 Å². The monoisotopic (exact) mass is 523 g/mol. The molecule has 0 spiro atoms. The lowest BCUT2D eigenvalue weighted by Gasteiger charge is -2.13. The molecule has 38 heavy (non-hydrogen) atoms. The van der Waals surface area contributed by atoms with Crippen LogP contribution in [0.25, 0.3) is 16.9 Å². The van der Waals surface area contributed by atoms with E-state index >= 15 is 0 Å². The van der Waals surface area contributed by atoms with Crippen molar-refractivity contribution in [3.8, 4) is 17.0 Å². The van der Waals surface area contributed by atoms with Gasteiger partial charge in [-0.25, -0.2) is 9.50 Å². The number of rotatable bonds is 10. The van der Waals surface area contributed by atoms with Crippen LogP contribution in [0.2, 0.25) is 0 Å². The number of carbonyl (C=O) groups excluding carboxylic acids is 1. The molecule has 0 aliphatic heterocycles. The number of alkyl halides is 3. The normalized spacial score (nSPS) is 13.6. The highest BCUT2D eigenvalue weighted by atomic mass is 19.4. The maximum absolute atomic E-state index is 13.3. The number of ketones is 1. The molecule has 2 heterocycles. The molecule has 0 bridgehead atoms. The molecular weight excluding hydrogens is 495 g/mol. The molecule has 0 saturated heterocycles. The van der Waals surface area contributed by atoms with E-state index in [0.29, 0.717) is 34.4 Å². The first-order valence-electron chi connectivity index (χ1n) is 12.4. The molecule has 1 fully saturated rings. The van der Waals surface area contributed by atoms with Crippen LogP contribution < -0.4 is 15.4 Å². The molecule has 0 amide bonds. The number of aromatic nitrogens is 3. The average molecular weight is 524 g/mol. The van der Waals surface area contributed by atoms with Crippen molar-refractivity contribution in [3.63, 3.8) is 0 Å². The SMILES string of the molecule is COc1ccc(C(=O)c2cc(NCCC(F)(F)F)c3ncc(-c4ccc(CNC5CC5)c(C)c4)n3n2)cc1. The van der Waals surface area contributed by atoms with E-state index in [-0.39, 0.29) is 18.0 Å². The second-order valence-electron chi connectivity index (χ2n) is 9.47. The average Bonchev–Trinajstić information content (AvgIpc) is 3.63. The molecule has 1 aliphatic rings. The Hall–Kier alpha value is -3.92. The van der Waals surface area contributed by atoms with Crippen molar-refractivity contribution in [3.05, 3.63) is 77.1 Å². The third-order valence-electron chi connectivity index (χ3n) is 6.57. The lowest BCUT2D eigenvalue weighted by molar-refractivity contribution is -0.131. The van der Waals surface area contributed by atoms with Crippen molar-refractivity contribution in [1.82, 2.24) is 19.9 Å². The van der Waals surface area contributed by atoms with Crippen LogP contribution in [0.4, 0.5) is 18.9 Å². The third kappa shape index (κ3) is 5.80. The van der Waals surface area contributed by atoms with Crippen molar-refractivity contribution in [1.29, 1.82) is 0 Å². The van der Waals surface area contributed by atoms with E-state index in [4.69, 9.17) is 4.74 Å². The number of aryl methyl sites for hydroxylation is 1. The standard InChI is InChI=1S/C28H28F3N5O2/c1-17-13-19(3-4-20(17)15-33-21-7-8-21)25-16-34-27-24(32-12-11-28(29,30)31)14-23(35-36(25)27)26(37)18-5-9-22(38-2)10-6-18/h3-6,9-10,13-14,16,21,32-33H,7-8,11-12,15H2,1-2H3. The molecule has 0 radical (unpaired) electrons. The summed E-state index contributed by atoms with van der Waals surface area (Å²) in [5, 5.41) is 10.9. The summed E-state index contributed by atoms with van der Waals surface area (Å²) in [6.45, 7) is 2.46. The van der Waals surface area contributed by atoms with Crippen LogP contribution in [0.3, 0.4) is 0 Å². The smallest absolute Gasteiger partial charge is 0.390 e. The quantitative estimate of drug-likeness (QED) is 0.265. The first kappa shape index (κ1) is 25.7. The van der Waals surface area contributed by atoms with Crippen LogP contribution in [0.15, 0.2) is 54.7 Å². The molecule has 0 unspecified atom stereocenters. The fraction of sp³-hybridized carbons (Fsp3) is 0.321. The summed E-state index contributed by atoms with van der Waals surface area (Å²) in [4.78, 5) is 17.8. The number of anilines is 1. The van der Waals surface area contributed by atoms with Crippen molar-refractivity contribution in [2.75, 3.05) is 19.0 Å².